The third-order valence-electron chi connectivity index (χ3n) is 5.32. The molecule has 1 aliphatic heterocycles. The minimum absolute atomic E-state index is 0.0510. The average molecular weight is 427 g/mol. The Labute approximate surface area is 185 Å². The van der Waals surface area contributed by atoms with E-state index in [4.69, 9.17) is 9.47 Å². The predicted octanol–water partition coefficient (Wildman–Crippen LogP) is 3.49. The summed E-state index contributed by atoms with van der Waals surface area (Å²) in [4.78, 5) is 8.99. The van der Waals surface area contributed by atoms with Crippen LogP contribution in [0.3, 0.4) is 0 Å². The van der Waals surface area contributed by atoms with Gasteiger partial charge in [0, 0.05) is 38.4 Å². The van der Waals surface area contributed by atoms with E-state index in [0.29, 0.717) is 19.1 Å². The number of morpholine rings is 1. The maximum Gasteiger partial charge on any atom is 0.215 e. The highest BCUT2D eigenvalue weighted by Gasteiger charge is 2.16. The molecule has 1 aromatic carbocycles. The number of nitrogens with zero attached hydrogens (tertiary/aromatic N) is 3. The van der Waals surface area contributed by atoms with Crippen molar-refractivity contribution in [2.45, 2.75) is 20.3 Å². The van der Waals surface area contributed by atoms with E-state index in [1.807, 2.05) is 13.1 Å². The van der Waals surface area contributed by atoms with E-state index >= 15 is 0 Å². The summed E-state index contributed by atoms with van der Waals surface area (Å²) in [6, 6.07) is 10.3. The molecule has 1 aromatic heterocycles. The van der Waals surface area contributed by atoms with Gasteiger partial charge in [0.1, 0.15) is 12.4 Å². The Morgan fingerprint density at radius 3 is 2.77 bits per heavy atom. The first kappa shape index (κ1) is 22.9. The zero-order valence-corrected chi connectivity index (χ0v) is 18.9. The summed E-state index contributed by atoms with van der Waals surface area (Å²) in [7, 11) is 2.04. The molecule has 168 valence electrons. The Hall–Kier alpha value is -2.77. The van der Waals surface area contributed by atoms with Crippen molar-refractivity contribution in [3.63, 3.8) is 0 Å². The molecule has 0 atom stereocenters. The Morgan fingerprint density at radius 1 is 1.29 bits per heavy atom. The van der Waals surface area contributed by atoms with Gasteiger partial charge in [-0.1, -0.05) is 19.6 Å². The van der Waals surface area contributed by atoms with Crippen molar-refractivity contribution in [1.82, 2.24) is 9.88 Å². The van der Waals surface area contributed by atoms with Crippen LogP contribution in [0.15, 0.2) is 42.7 Å². The molecule has 2 heterocycles. The zero-order chi connectivity index (χ0) is 22.2. The molecule has 0 bridgehead atoms. The number of ether oxygens (including phenoxy) is 2. The van der Waals surface area contributed by atoms with Crippen LogP contribution < -0.4 is 15.0 Å². The van der Waals surface area contributed by atoms with Crippen LogP contribution >= 0.6 is 0 Å². The first-order chi connectivity index (χ1) is 15.0. The summed E-state index contributed by atoms with van der Waals surface area (Å²) >= 11 is 0. The van der Waals surface area contributed by atoms with Gasteiger partial charge in [0.2, 0.25) is 5.88 Å². The number of aliphatic hydroxyl groups is 1. The van der Waals surface area contributed by atoms with Crippen LogP contribution in [0.4, 0.5) is 11.5 Å². The smallest absolute Gasteiger partial charge is 0.215 e. The van der Waals surface area contributed by atoms with Gasteiger partial charge < -0.3 is 29.7 Å². The van der Waals surface area contributed by atoms with Crippen LogP contribution in [0.2, 0.25) is 0 Å². The van der Waals surface area contributed by atoms with Gasteiger partial charge in [-0.2, -0.15) is 4.98 Å². The molecule has 0 aliphatic carbocycles. The SMILES string of the molecule is C=C(Nc1ccc(C)c(-c2cc(OCCO)nc(N3CCOCC3)c2)c1)N(C)CCC. The molecule has 7 heteroatoms. The molecule has 0 spiro atoms. The van der Waals surface area contributed by atoms with Crippen molar-refractivity contribution < 1.29 is 14.6 Å². The third kappa shape index (κ3) is 6.12. The van der Waals surface area contributed by atoms with E-state index in [2.05, 4.69) is 64.8 Å². The first-order valence-corrected chi connectivity index (χ1v) is 10.9. The van der Waals surface area contributed by atoms with Crippen LogP contribution in [0.5, 0.6) is 5.88 Å². The number of hydrogen-bond donors (Lipinski definition) is 2. The molecular formula is C24H34N4O3. The van der Waals surface area contributed by atoms with Gasteiger partial charge in [0.05, 0.1) is 25.6 Å². The summed E-state index contributed by atoms with van der Waals surface area (Å²) in [6.07, 6.45) is 1.06. The standard InChI is InChI=1S/C24H34N4O3/c1-5-8-27(4)19(3)25-21-7-6-18(2)22(17-21)20-15-23(28-9-12-30-13-10-28)26-24(16-20)31-14-11-29/h6-7,15-17,25,29H,3,5,8-14H2,1-2,4H3. The van der Waals surface area contributed by atoms with E-state index in [9.17, 15) is 5.11 Å². The van der Waals surface area contributed by atoms with Crippen molar-refractivity contribution in [2.75, 3.05) is 63.3 Å². The third-order valence-corrected chi connectivity index (χ3v) is 5.32. The minimum Gasteiger partial charge on any atom is -0.475 e. The van der Waals surface area contributed by atoms with E-state index in [0.717, 1.165) is 60.1 Å². The van der Waals surface area contributed by atoms with Crippen molar-refractivity contribution in [1.29, 1.82) is 0 Å². The number of aryl methyl sites for hydroxylation is 1. The van der Waals surface area contributed by atoms with Gasteiger partial charge in [-0.3, -0.25) is 0 Å². The van der Waals surface area contributed by atoms with Crippen LogP contribution in [0, 0.1) is 6.92 Å². The Morgan fingerprint density at radius 2 is 2.06 bits per heavy atom. The lowest BCUT2D eigenvalue weighted by atomic mass is 10.00. The molecule has 0 saturated carbocycles. The number of hydrogen-bond acceptors (Lipinski definition) is 7. The molecule has 1 aliphatic rings. The van der Waals surface area contributed by atoms with Crippen LogP contribution in [-0.2, 0) is 4.74 Å². The topological polar surface area (TPSA) is 70.1 Å². The Balaban J connectivity index is 1.93. The maximum atomic E-state index is 9.18. The highest BCUT2D eigenvalue weighted by Crippen LogP contribution is 2.32. The van der Waals surface area contributed by atoms with Gasteiger partial charge in [0.25, 0.3) is 0 Å². The molecular weight excluding hydrogens is 392 g/mol. The number of aliphatic hydroxyl groups excluding tert-OH is 1. The molecule has 1 fully saturated rings. The lowest BCUT2D eigenvalue weighted by Crippen LogP contribution is -2.36. The van der Waals surface area contributed by atoms with Gasteiger partial charge in [-0.15, -0.1) is 0 Å². The summed E-state index contributed by atoms with van der Waals surface area (Å²) in [6.45, 7) is 12.5. The fourth-order valence-corrected chi connectivity index (χ4v) is 3.57. The average Bonchev–Trinajstić information content (AvgIpc) is 2.79. The zero-order valence-electron chi connectivity index (χ0n) is 18.9. The van der Waals surface area contributed by atoms with Gasteiger partial charge >= 0.3 is 0 Å². The number of pyridine rings is 1. The molecule has 0 unspecified atom stereocenters. The van der Waals surface area contributed by atoms with Crippen molar-refractivity contribution >= 4 is 11.5 Å². The monoisotopic (exact) mass is 426 g/mol. The quantitative estimate of drug-likeness (QED) is 0.603. The molecule has 3 rings (SSSR count). The van der Waals surface area contributed by atoms with Gasteiger partial charge in [0.15, 0.2) is 0 Å². The number of nitrogens with one attached hydrogen (secondary N) is 1. The van der Waals surface area contributed by atoms with Gasteiger partial charge in [-0.05, 0) is 48.2 Å². The normalized spacial score (nSPS) is 13.7. The number of aromatic nitrogens is 1. The molecule has 31 heavy (non-hydrogen) atoms. The van der Waals surface area contributed by atoms with Crippen LogP contribution in [0.25, 0.3) is 11.1 Å². The van der Waals surface area contributed by atoms with Crippen LogP contribution in [-0.4, -0.2) is 68.1 Å². The molecule has 0 amide bonds. The molecule has 0 radical (unpaired) electrons. The van der Waals surface area contributed by atoms with Crippen LogP contribution in [0.1, 0.15) is 18.9 Å². The lowest BCUT2D eigenvalue weighted by molar-refractivity contribution is 0.122. The molecule has 2 N–H and O–H groups in total. The van der Waals surface area contributed by atoms with Crippen molar-refractivity contribution in [2.24, 2.45) is 0 Å². The molecule has 2 aromatic rings. The maximum absolute atomic E-state index is 9.18. The van der Waals surface area contributed by atoms with Gasteiger partial charge in [-0.25, -0.2) is 0 Å². The predicted molar refractivity (Wildman–Crippen MR) is 126 cm³/mol. The Bertz CT molecular complexity index is 881. The highest BCUT2D eigenvalue weighted by molar-refractivity contribution is 5.75. The van der Waals surface area contributed by atoms with E-state index in [1.165, 1.54) is 0 Å². The fourth-order valence-electron chi connectivity index (χ4n) is 3.57. The summed E-state index contributed by atoms with van der Waals surface area (Å²) < 4.78 is 11.2. The number of rotatable bonds is 10. The number of benzene rings is 1. The first-order valence-electron chi connectivity index (χ1n) is 10.9. The van der Waals surface area contributed by atoms with E-state index in [1.54, 1.807) is 0 Å². The summed E-state index contributed by atoms with van der Waals surface area (Å²) in [5, 5.41) is 12.6. The minimum atomic E-state index is -0.0510. The lowest BCUT2D eigenvalue weighted by Gasteiger charge is -2.28. The second kappa shape index (κ2) is 11.0. The van der Waals surface area contributed by atoms with E-state index < -0.39 is 0 Å². The number of anilines is 2. The van der Waals surface area contributed by atoms with Crippen molar-refractivity contribution in [3.8, 4) is 17.0 Å². The fraction of sp³-hybridized carbons (Fsp3) is 0.458. The second-order valence-corrected chi connectivity index (χ2v) is 7.75. The Kier molecular flexibility index (Phi) is 8.14. The van der Waals surface area contributed by atoms with E-state index in [-0.39, 0.29) is 13.2 Å². The molecule has 1 saturated heterocycles. The highest BCUT2D eigenvalue weighted by atomic mass is 16.5. The largest absolute Gasteiger partial charge is 0.475 e. The summed E-state index contributed by atoms with van der Waals surface area (Å²) in [5.74, 6) is 2.24. The second-order valence-electron chi connectivity index (χ2n) is 7.75. The summed E-state index contributed by atoms with van der Waals surface area (Å²) in [5.41, 5.74) is 4.27. The van der Waals surface area contributed by atoms with Crippen molar-refractivity contribution in [3.05, 3.63) is 48.3 Å². The molecule has 7 nitrogen and oxygen atoms in total.